The maximum atomic E-state index is 12.5. The fraction of sp³-hybridized carbons (Fsp3) is 0.533. The first kappa shape index (κ1) is 13.9. The van der Waals surface area contributed by atoms with E-state index >= 15 is 0 Å². The number of carbonyl (C=O) groups is 1. The number of halogens is 1. The number of anilines is 1. The second kappa shape index (κ2) is 5.72. The van der Waals surface area contributed by atoms with Gasteiger partial charge in [0.2, 0.25) is 5.91 Å². The fourth-order valence-corrected chi connectivity index (χ4v) is 3.31. The number of amides is 1. The highest BCUT2D eigenvalue weighted by Gasteiger charge is 2.30. The lowest BCUT2D eigenvalue weighted by Gasteiger charge is -2.26. The summed E-state index contributed by atoms with van der Waals surface area (Å²) in [5, 5.41) is 4.06. The Hall–Kier alpha value is -1.10. The standard InChI is InChI=1S/C15H20ClN3O/c1-2-19-14-7-12(16)4-3-11(14)9-18(10-15(19)20)13-5-6-17-8-13/h3-4,7,13,17H,2,5-6,8-10H2,1H3/t13-/m1/s1. The van der Waals surface area contributed by atoms with Crippen molar-refractivity contribution in [1.82, 2.24) is 10.2 Å². The van der Waals surface area contributed by atoms with Crippen molar-refractivity contribution in [3.63, 3.8) is 0 Å². The van der Waals surface area contributed by atoms with Crippen molar-refractivity contribution in [3.8, 4) is 0 Å². The maximum Gasteiger partial charge on any atom is 0.241 e. The first-order valence-corrected chi connectivity index (χ1v) is 7.60. The summed E-state index contributed by atoms with van der Waals surface area (Å²) in [7, 11) is 0. The van der Waals surface area contributed by atoms with Gasteiger partial charge in [-0.1, -0.05) is 17.7 Å². The molecule has 0 bridgehead atoms. The highest BCUT2D eigenvalue weighted by molar-refractivity contribution is 6.31. The lowest BCUT2D eigenvalue weighted by atomic mass is 10.1. The minimum atomic E-state index is 0.167. The summed E-state index contributed by atoms with van der Waals surface area (Å²) in [6.45, 7) is 6.02. The first-order chi connectivity index (χ1) is 9.69. The molecule has 4 nitrogen and oxygen atoms in total. The molecule has 0 radical (unpaired) electrons. The molecule has 0 saturated carbocycles. The molecule has 0 aromatic heterocycles. The number of benzene rings is 1. The molecule has 1 aromatic rings. The number of rotatable bonds is 2. The highest BCUT2D eigenvalue weighted by atomic mass is 35.5. The topological polar surface area (TPSA) is 35.6 Å². The SMILES string of the molecule is CCN1C(=O)CN([C@@H]2CCNC2)Cc2ccc(Cl)cc21. The van der Waals surface area contributed by atoms with Crippen molar-refractivity contribution in [2.45, 2.75) is 25.9 Å². The van der Waals surface area contributed by atoms with Gasteiger partial charge in [-0.3, -0.25) is 9.69 Å². The summed E-state index contributed by atoms with van der Waals surface area (Å²) >= 11 is 6.10. The molecule has 2 aliphatic heterocycles. The van der Waals surface area contributed by atoms with Gasteiger partial charge in [-0.25, -0.2) is 0 Å². The molecule has 108 valence electrons. The summed E-state index contributed by atoms with van der Waals surface area (Å²) in [4.78, 5) is 16.7. The molecule has 1 atom stereocenters. The molecular formula is C15H20ClN3O. The molecule has 1 fully saturated rings. The van der Waals surface area contributed by atoms with Crippen molar-refractivity contribution in [2.75, 3.05) is 31.1 Å². The number of fused-ring (bicyclic) bond motifs is 1. The quantitative estimate of drug-likeness (QED) is 0.904. The monoisotopic (exact) mass is 293 g/mol. The number of hydrogen-bond acceptors (Lipinski definition) is 3. The smallest absolute Gasteiger partial charge is 0.241 e. The van der Waals surface area contributed by atoms with E-state index in [0.29, 0.717) is 24.2 Å². The van der Waals surface area contributed by atoms with E-state index in [1.54, 1.807) is 0 Å². The Balaban J connectivity index is 1.95. The van der Waals surface area contributed by atoms with E-state index in [2.05, 4.69) is 10.2 Å². The average molecular weight is 294 g/mol. The third kappa shape index (κ3) is 2.55. The lowest BCUT2D eigenvalue weighted by Crippen LogP contribution is -2.42. The van der Waals surface area contributed by atoms with Gasteiger partial charge in [0.1, 0.15) is 0 Å². The second-order valence-electron chi connectivity index (χ2n) is 5.46. The normalized spacial score (nSPS) is 23.8. The Kier molecular flexibility index (Phi) is 3.96. The van der Waals surface area contributed by atoms with Crippen LogP contribution in [-0.2, 0) is 11.3 Å². The Bertz CT molecular complexity index is 514. The number of nitrogens with one attached hydrogen (secondary N) is 1. The van der Waals surface area contributed by atoms with E-state index in [1.807, 2.05) is 30.0 Å². The van der Waals surface area contributed by atoms with Crippen LogP contribution in [0.2, 0.25) is 5.02 Å². The molecule has 3 rings (SSSR count). The van der Waals surface area contributed by atoms with Gasteiger partial charge in [-0.15, -0.1) is 0 Å². The van der Waals surface area contributed by atoms with E-state index in [9.17, 15) is 4.79 Å². The van der Waals surface area contributed by atoms with Crippen molar-refractivity contribution in [1.29, 1.82) is 0 Å². The lowest BCUT2D eigenvalue weighted by molar-refractivity contribution is -0.120. The van der Waals surface area contributed by atoms with Crippen LogP contribution in [-0.4, -0.2) is 43.0 Å². The van der Waals surface area contributed by atoms with Gasteiger partial charge in [0.15, 0.2) is 0 Å². The van der Waals surface area contributed by atoms with Gasteiger partial charge in [0.05, 0.1) is 6.54 Å². The molecule has 2 aliphatic rings. The molecule has 1 aromatic carbocycles. The van der Waals surface area contributed by atoms with Crippen LogP contribution >= 0.6 is 11.6 Å². The maximum absolute atomic E-state index is 12.5. The highest BCUT2D eigenvalue weighted by Crippen LogP contribution is 2.30. The summed E-state index contributed by atoms with van der Waals surface area (Å²) in [6, 6.07) is 6.33. The van der Waals surface area contributed by atoms with Crippen molar-refractivity contribution < 1.29 is 4.79 Å². The minimum Gasteiger partial charge on any atom is -0.315 e. The van der Waals surface area contributed by atoms with E-state index in [4.69, 9.17) is 11.6 Å². The molecule has 1 amide bonds. The molecule has 0 unspecified atom stereocenters. The Morgan fingerprint density at radius 3 is 2.95 bits per heavy atom. The summed E-state index contributed by atoms with van der Waals surface area (Å²) < 4.78 is 0. The van der Waals surface area contributed by atoms with Crippen LogP contribution in [0.4, 0.5) is 5.69 Å². The summed E-state index contributed by atoms with van der Waals surface area (Å²) in [5.41, 5.74) is 2.16. The number of hydrogen-bond donors (Lipinski definition) is 1. The molecular weight excluding hydrogens is 274 g/mol. The van der Waals surface area contributed by atoms with Crippen LogP contribution in [0.3, 0.4) is 0 Å². The van der Waals surface area contributed by atoms with Crippen molar-refractivity contribution in [3.05, 3.63) is 28.8 Å². The molecule has 1 N–H and O–H groups in total. The number of nitrogens with zero attached hydrogens (tertiary/aromatic N) is 2. The Labute approximate surface area is 124 Å². The molecule has 20 heavy (non-hydrogen) atoms. The molecule has 0 spiro atoms. The fourth-order valence-electron chi connectivity index (χ4n) is 3.15. The van der Waals surface area contributed by atoms with Gasteiger partial charge in [-0.05, 0) is 37.6 Å². The van der Waals surface area contributed by atoms with Gasteiger partial charge < -0.3 is 10.2 Å². The van der Waals surface area contributed by atoms with E-state index in [0.717, 1.165) is 31.7 Å². The zero-order chi connectivity index (χ0) is 14.1. The molecule has 2 heterocycles. The van der Waals surface area contributed by atoms with Crippen molar-refractivity contribution >= 4 is 23.2 Å². The largest absolute Gasteiger partial charge is 0.315 e. The van der Waals surface area contributed by atoms with Crippen LogP contribution in [0.5, 0.6) is 0 Å². The molecule has 5 heteroatoms. The summed E-state index contributed by atoms with van der Waals surface area (Å²) in [6.07, 6.45) is 1.11. The predicted molar refractivity (Wildman–Crippen MR) is 81.2 cm³/mol. The van der Waals surface area contributed by atoms with E-state index in [1.165, 1.54) is 5.56 Å². The number of likely N-dealkylation sites (N-methyl/N-ethyl adjacent to an activating group) is 1. The van der Waals surface area contributed by atoms with E-state index in [-0.39, 0.29) is 5.91 Å². The number of carbonyl (C=O) groups excluding carboxylic acids is 1. The average Bonchev–Trinajstić information content (AvgIpc) is 2.91. The third-order valence-corrected chi connectivity index (χ3v) is 4.45. The van der Waals surface area contributed by atoms with Gasteiger partial charge in [-0.2, -0.15) is 0 Å². The van der Waals surface area contributed by atoms with Crippen LogP contribution in [0.25, 0.3) is 0 Å². The Morgan fingerprint density at radius 1 is 1.40 bits per heavy atom. The predicted octanol–water partition coefficient (Wildman–Crippen LogP) is 1.87. The van der Waals surface area contributed by atoms with Crippen LogP contribution in [0, 0.1) is 0 Å². The Morgan fingerprint density at radius 2 is 2.25 bits per heavy atom. The molecule has 0 aliphatic carbocycles. The van der Waals surface area contributed by atoms with Gasteiger partial charge in [0, 0.05) is 36.4 Å². The third-order valence-electron chi connectivity index (χ3n) is 4.22. The zero-order valence-corrected chi connectivity index (χ0v) is 12.5. The molecule has 1 saturated heterocycles. The first-order valence-electron chi connectivity index (χ1n) is 7.22. The van der Waals surface area contributed by atoms with Crippen molar-refractivity contribution in [2.24, 2.45) is 0 Å². The summed E-state index contributed by atoms with van der Waals surface area (Å²) in [5.74, 6) is 0.167. The van der Waals surface area contributed by atoms with Gasteiger partial charge in [0.25, 0.3) is 0 Å². The second-order valence-corrected chi connectivity index (χ2v) is 5.90. The zero-order valence-electron chi connectivity index (χ0n) is 11.7. The van der Waals surface area contributed by atoms with Crippen LogP contribution in [0.15, 0.2) is 18.2 Å². The van der Waals surface area contributed by atoms with E-state index < -0.39 is 0 Å². The van der Waals surface area contributed by atoms with Crippen LogP contribution in [0.1, 0.15) is 18.9 Å². The minimum absolute atomic E-state index is 0.167. The van der Waals surface area contributed by atoms with Crippen LogP contribution < -0.4 is 10.2 Å². The van der Waals surface area contributed by atoms with Gasteiger partial charge >= 0.3 is 0 Å².